The van der Waals surface area contributed by atoms with E-state index < -0.39 is 0 Å². The first-order valence-electron chi connectivity index (χ1n) is 11.0. The summed E-state index contributed by atoms with van der Waals surface area (Å²) in [5.41, 5.74) is 1.33. The maximum Gasteiger partial charge on any atom is 0.258 e. The number of aromatic nitrogens is 1. The second kappa shape index (κ2) is 10.8. The lowest BCUT2D eigenvalue weighted by Crippen LogP contribution is -2.49. The number of benzene rings is 2. The van der Waals surface area contributed by atoms with E-state index in [1.165, 1.54) is 5.56 Å². The molecule has 1 aliphatic rings. The predicted octanol–water partition coefficient (Wildman–Crippen LogP) is 4.42. The summed E-state index contributed by atoms with van der Waals surface area (Å²) < 4.78 is 11.3. The first-order valence-corrected chi connectivity index (χ1v) is 11.0. The lowest BCUT2D eigenvalue weighted by Gasteiger charge is -2.38. The molecule has 3 aromatic rings. The Morgan fingerprint density at radius 1 is 1.03 bits per heavy atom. The number of rotatable bonds is 8. The maximum atomic E-state index is 12.4. The number of ether oxygens (including phenoxy) is 2. The van der Waals surface area contributed by atoms with Gasteiger partial charge in [0.05, 0.1) is 0 Å². The van der Waals surface area contributed by atoms with E-state index in [0.717, 1.165) is 25.9 Å². The molecule has 1 fully saturated rings. The molecule has 6 nitrogen and oxygen atoms in total. The summed E-state index contributed by atoms with van der Waals surface area (Å²) in [7, 11) is 0. The van der Waals surface area contributed by atoms with Crippen LogP contribution >= 0.6 is 0 Å². The molecule has 0 radical (unpaired) electrons. The van der Waals surface area contributed by atoms with Crippen molar-refractivity contribution in [2.45, 2.75) is 38.4 Å². The van der Waals surface area contributed by atoms with E-state index in [4.69, 9.17) is 9.47 Å². The highest BCUT2D eigenvalue weighted by Gasteiger charge is 2.26. The minimum absolute atomic E-state index is 0.000937. The fourth-order valence-corrected chi connectivity index (χ4v) is 3.95. The summed E-state index contributed by atoms with van der Waals surface area (Å²) in [5.74, 6) is 1.73. The van der Waals surface area contributed by atoms with Crippen LogP contribution in [0.2, 0.25) is 0 Å². The van der Waals surface area contributed by atoms with Gasteiger partial charge < -0.3 is 14.8 Å². The number of amides is 1. The van der Waals surface area contributed by atoms with Gasteiger partial charge in [-0.15, -0.1) is 0 Å². The Bertz CT molecular complexity index is 980. The van der Waals surface area contributed by atoms with Crippen molar-refractivity contribution < 1.29 is 14.3 Å². The van der Waals surface area contributed by atoms with Crippen molar-refractivity contribution in [3.05, 3.63) is 84.6 Å². The molecule has 1 N–H and O–H groups in total. The fourth-order valence-electron chi connectivity index (χ4n) is 3.95. The number of likely N-dealkylation sites (tertiary alicyclic amines) is 1. The van der Waals surface area contributed by atoms with E-state index in [-0.39, 0.29) is 18.6 Å². The molecule has 0 unspecified atom stereocenters. The molecule has 1 amide bonds. The monoisotopic (exact) mass is 431 g/mol. The fraction of sp³-hybridized carbons (Fsp3) is 0.308. The second-order valence-electron chi connectivity index (χ2n) is 8.12. The molecule has 1 aromatic heterocycles. The van der Waals surface area contributed by atoms with Crippen LogP contribution in [-0.2, 0) is 11.3 Å². The van der Waals surface area contributed by atoms with E-state index >= 15 is 0 Å². The normalized spacial score (nSPS) is 18.7. The van der Waals surface area contributed by atoms with Crippen molar-refractivity contribution in [1.82, 2.24) is 15.2 Å². The SMILES string of the molecule is C[C@@H]1C[C@H](NC(=O)COc2ccc(Oc3ccccn3)cc2)CCN1Cc1ccccc1. The van der Waals surface area contributed by atoms with E-state index in [9.17, 15) is 4.79 Å². The zero-order valence-electron chi connectivity index (χ0n) is 18.3. The van der Waals surface area contributed by atoms with Crippen LogP contribution in [0.4, 0.5) is 0 Å². The van der Waals surface area contributed by atoms with Gasteiger partial charge in [-0.25, -0.2) is 4.98 Å². The van der Waals surface area contributed by atoms with Crippen LogP contribution in [-0.4, -0.2) is 41.0 Å². The molecule has 0 spiro atoms. The Hall–Kier alpha value is -3.38. The molecule has 166 valence electrons. The summed E-state index contributed by atoms with van der Waals surface area (Å²) in [6, 6.07) is 23.8. The van der Waals surface area contributed by atoms with Crippen molar-refractivity contribution in [2.75, 3.05) is 13.2 Å². The summed E-state index contributed by atoms with van der Waals surface area (Å²) in [4.78, 5) is 19.0. The first kappa shape index (κ1) is 21.8. The molecule has 2 atom stereocenters. The predicted molar refractivity (Wildman–Crippen MR) is 124 cm³/mol. The van der Waals surface area contributed by atoms with Gasteiger partial charge in [0, 0.05) is 37.4 Å². The topological polar surface area (TPSA) is 63.7 Å². The van der Waals surface area contributed by atoms with Gasteiger partial charge in [0.2, 0.25) is 5.88 Å². The van der Waals surface area contributed by atoms with Crippen LogP contribution in [0, 0.1) is 0 Å². The third-order valence-electron chi connectivity index (χ3n) is 5.66. The van der Waals surface area contributed by atoms with Crippen molar-refractivity contribution >= 4 is 5.91 Å². The summed E-state index contributed by atoms with van der Waals surface area (Å²) in [6.45, 7) is 4.15. The zero-order valence-corrected chi connectivity index (χ0v) is 18.3. The zero-order chi connectivity index (χ0) is 22.2. The molecule has 0 saturated carbocycles. The van der Waals surface area contributed by atoms with Crippen molar-refractivity contribution in [1.29, 1.82) is 0 Å². The largest absolute Gasteiger partial charge is 0.484 e. The maximum absolute atomic E-state index is 12.4. The lowest BCUT2D eigenvalue weighted by atomic mass is 9.97. The Morgan fingerprint density at radius 2 is 1.78 bits per heavy atom. The Balaban J connectivity index is 1.19. The van der Waals surface area contributed by atoms with Crippen LogP contribution in [0.5, 0.6) is 17.4 Å². The number of pyridine rings is 1. The minimum atomic E-state index is -0.0903. The third-order valence-corrected chi connectivity index (χ3v) is 5.66. The number of hydrogen-bond donors (Lipinski definition) is 1. The first-order chi connectivity index (χ1) is 15.7. The number of piperidine rings is 1. The standard InChI is InChI=1S/C26H29N3O3/c1-20-17-22(14-16-29(20)18-21-7-3-2-4-8-21)28-25(30)19-31-23-10-12-24(13-11-23)32-26-9-5-6-15-27-26/h2-13,15,20,22H,14,16-19H2,1H3,(H,28,30)/t20-,22-/m1/s1. The van der Waals surface area contributed by atoms with Crippen LogP contribution in [0.15, 0.2) is 79.0 Å². The highest BCUT2D eigenvalue weighted by Crippen LogP contribution is 2.22. The van der Waals surface area contributed by atoms with Gasteiger partial charge in [0.15, 0.2) is 6.61 Å². The smallest absolute Gasteiger partial charge is 0.258 e. The molecule has 6 heteroatoms. The quantitative estimate of drug-likeness (QED) is 0.572. The summed E-state index contributed by atoms with van der Waals surface area (Å²) in [6.07, 6.45) is 3.57. The average molecular weight is 432 g/mol. The van der Waals surface area contributed by atoms with Gasteiger partial charge in [-0.05, 0) is 55.7 Å². The van der Waals surface area contributed by atoms with Crippen LogP contribution in [0.3, 0.4) is 0 Å². The van der Waals surface area contributed by atoms with Gasteiger partial charge in [-0.3, -0.25) is 9.69 Å². The van der Waals surface area contributed by atoms with Crippen LogP contribution in [0.1, 0.15) is 25.3 Å². The van der Waals surface area contributed by atoms with Crippen molar-refractivity contribution in [2.24, 2.45) is 0 Å². The third kappa shape index (κ3) is 6.31. The molecule has 2 heterocycles. The van der Waals surface area contributed by atoms with Crippen molar-refractivity contribution in [3.63, 3.8) is 0 Å². The van der Waals surface area contributed by atoms with Crippen molar-refractivity contribution in [3.8, 4) is 17.4 Å². The number of carbonyl (C=O) groups excluding carboxylic acids is 1. The summed E-state index contributed by atoms with van der Waals surface area (Å²) in [5, 5.41) is 3.12. The van der Waals surface area contributed by atoms with E-state index in [0.29, 0.717) is 23.4 Å². The Labute approximate surface area is 189 Å². The Morgan fingerprint density at radius 3 is 2.50 bits per heavy atom. The highest BCUT2D eigenvalue weighted by molar-refractivity contribution is 5.77. The second-order valence-corrected chi connectivity index (χ2v) is 8.12. The molecule has 0 bridgehead atoms. The van der Waals surface area contributed by atoms with Gasteiger partial charge in [0.1, 0.15) is 11.5 Å². The molecule has 4 rings (SSSR count). The van der Waals surface area contributed by atoms with Gasteiger partial charge in [-0.1, -0.05) is 36.4 Å². The molecule has 1 saturated heterocycles. The molecule has 0 aliphatic carbocycles. The molecule has 1 aliphatic heterocycles. The van der Waals surface area contributed by atoms with E-state index in [2.05, 4.69) is 46.4 Å². The number of carbonyl (C=O) groups is 1. The number of nitrogens with zero attached hydrogens (tertiary/aromatic N) is 2. The molecule has 2 aromatic carbocycles. The average Bonchev–Trinajstić information content (AvgIpc) is 2.82. The summed E-state index contributed by atoms with van der Waals surface area (Å²) >= 11 is 0. The van der Waals surface area contributed by atoms with Crippen LogP contribution < -0.4 is 14.8 Å². The Kier molecular flexibility index (Phi) is 7.35. The van der Waals surface area contributed by atoms with Gasteiger partial charge in [-0.2, -0.15) is 0 Å². The van der Waals surface area contributed by atoms with E-state index in [1.54, 1.807) is 36.5 Å². The number of hydrogen-bond acceptors (Lipinski definition) is 5. The minimum Gasteiger partial charge on any atom is -0.484 e. The van der Waals surface area contributed by atoms with E-state index in [1.807, 2.05) is 18.2 Å². The molecular formula is C26H29N3O3. The van der Waals surface area contributed by atoms with Gasteiger partial charge >= 0.3 is 0 Å². The lowest BCUT2D eigenvalue weighted by molar-refractivity contribution is -0.124. The molecular weight excluding hydrogens is 402 g/mol. The highest BCUT2D eigenvalue weighted by atomic mass is 16.5. The van der Waals surface area contributed by atoms with Crippen LogP contribution in [0.25, 0.3) is 0 Å². The molecule has 32 heavy (non-hydrogen) atoms. The number of nitrogens with one attached hydrogen (secondary N) is 1. The van der Waals surface area contributed by atoms with Gasteiger partial charge in [0.25, 0.3) is 5.91 Å².